The van der Waals surface area contributed by atoms with Gasteiger partial charge in [-0.1, -0.05) is 36.0 Å². The Morgan fingerprint density at radius 2 is 1.67 bits per heavy atom. The summed E-state index contributed by atoms with van der Waals surface area (Å²) in [6, 6.07) is 21.1. The Morgan fingerprint density at radius 3 is 2.33 bits per heavy atom. The topological polar surface area (TPSA) is 69.4 Å². The molecule has 0 atom stereocenters. The fourth-order valence-corrected chi connectivity index (χ4v) is 3.59. The smallest absolute Gasteiger partial charge is 0.339 e. The summed E-state index contributed by atoms with van der Waals surface area (Å²) in [4.78, 5) is 24.4. The molecule has 0 radical (unpaired) electrons. The standard InChI is InChI=1S/C20H14INO4S/c21-15-7-5-14(6-8-15)13-26-20(23)18-3-1-2-4-19(18)27-17-11-9-16(10-12-17)22(24)25/h1-12H,13H2. The Balaban J connectivity index is 1.71. The molecule has 0 spiro atoms. The second-order valence-electron chi connectivity index (χ2n) is 5.55. The number of halogens is 1. The first-order valence-corrected chi connectivity index (χ1v) is 9.85. The number of hydrogen-bond donors (Lipinski definition) is 0. The highest BCUT2D eigenvalue weighted by molar-refractivity contribution is 14.1. The first-order chi connectivity index (χ1) is 13.0. The van der Waals surface area contributed by atoms with Crippen molar-refractivity contribution >= 4 is 46.0 Å². The zero-order chi connectivity index (χ0) is 19.2. The zero-order valence-electron chi connectivity index (χ0n) is 14.0. The van der Waals surface area contributed by atoms with Crippen LogP contribution in [0.15, 0.2) is 82.6 Å². The average molecular weight is 491 g/mol. The molecule has 0 aliphatic rings. The Labute approximate surface area is 174 Å². The number of hydrogen-bond acceptors (Lipinski definition) is 5. The number of ether oxygens (including phenoxy) is 1. The van der Waals surface area contributed by atoms with E-state index in [1.165, 1.54) is 23.9 Å². The van der Waals surface area contributed by atoms with Gasteiger partial charge in [-0.2, -0.15) is 0 Å². The van der Waals surface area contributed by atoms with Gasteiger partial charge in [0.15, 0.2) is 0 Å². The molecule has 0 amide bonds. The maximum atomic E-state index is 12.5. The number of rotatable bonds is 6. The minimum atomic E-state index is -0.440. The summed E-state index contributed by atoms with van der Waals surface area (Å²) in [6.07, 6.45) is 0. The van der Waals surface area contributed by atoms with Crippen molar-refractivity contribution in [3.05, 3.63) is 97.6 Å². The number of nitrogens with zero attached hydrogens (tertiary/aromatic N) is 1. The molecule has 7 heteroatoms. The minimum Gasteiger partial charge on any atom is -0.457 e. The number of esters is 1. The van der Waals surface area contributed by atoms with Crippen LogP contribution in [0.2, 0.25) is 0 Å². The summed E-state index contributed by atoms with van der Waals surface area (Å²) in [5, 5.41) is 10.8. The molecule has 3 aromatic carbocycles. The van der Waals surface area contributed by atoms with Gasteiger partial charge >= 0.3 is 5.97 Å². The molecule has 136 valence electrons. The van der Waals surface area contributed by atoms with Gasteiger partial charge in [0.25, 0.3) is 5.69 Å². The number of nitro groups is 1. The van der Waals surface area contributed by atoms with E-state index in [-0.39, 0.29) is 12.3 Å². The lowest BCUT2D eigenvalue weighted by Gasteiger charge is -2.09. The number of non-ortho nitro benzene ring substituents is 1. The molecule has 0 saturated heterocycles. The van der Waals surface area contributed by atoms with Crippen LogP contribution in [0.1, 0.15) is 15.9 Å². The number of carbonyl (C=O) groups excluding carboxylic acids is 1. The molecule has 3 rings (SSSR count). The van der Waals surface area contributed by atoms with Gasteiger partial charge in [-0.25, -0.2) is 4.79 Å². The van der Waals surface area contributed by atoms with E-state index in [2.05, 4.69) is 22.6 Å². The average Bonchev–Trinajstić information content (AvgIpc) is 2.68. The fraction of sp³-hybridized carbons (Fsp3) is 0.0500. The van der Waals surface area contributed by atoms with E-state index >= 15 is 0 Å². The van der Waals surface area contributed by atoms with Gasteiger partial charge in [-0.3, -0.25) is 10.1 Å². The van der Waals surface area contributed by atoms with Crippen molar-refractivity contribution in [2.45, 2.75) is 16.4 Å². The Hall–Kier alpha value is -2.39. The number of nitro benzene ring substituents is 1. The summed E-state index contributed by atoms with van der Waals surface area (Å²) in [5.41, 5.74) is 1.42. The summed E-state index contributed by atoms with van der Waals surface area (Å²) in [7, 11) is 0. The first-order valence-electron chi connectivity index (χ1n) is 7.96. The molecule has 27 heavy (non-hydrogen) atoms. The molecule has 0 bridgehead atoms. The van der Waals surface area contributed by atoms with Crippen molar-refractivity contribution in [3.63, 3.8) is 0 Å². The normalized spacial score (nSPS) is 10.4. The van der Waals surface area contributed by atoms with Crippen LogP contribution < -0.4 is 0 Å². The van der Waals surface area contributed by atoms with Gasteiger partial charge in [-0.05, 0) is 64.6 Å². The first kappa shape index (κ1) is 19.4. The Bertz CT molecular complexity index is 958. The lowest BCUT2D eigenvalue weighted by atomic mass is 10.2. The third-order valence-corrected chi connectivity index (χ3v) is 5.47. The van der Waals surface area contributed by atoms with Crippen molar-refractivity contribution in [2.24, 2.45) is 0 Å². The molecular formula is C20H14INO4S. The van der Waals surface area contributed by atoms with Gasteiger partial charge in [-0.15, -0.1) is 0 Å². The van der Waals surface area contributed by atoms with Gasteiger partial charge in [0.1, 0.15) is 6.61 Å². The number of carbonyl (C=O) groups is 1. The molecular weight excluding hydrogens is 477 g/mol. The second-order valence-corrected chi connectivity index (χ2v) is 7.91. The maximum absolute atomic E-state index is 12.5. The van der Waals surface area contributed by atoms with Crippen LogP contribution in [0.25, 0.3) is 0 Å². The van der Waals surface area contributed by atoms with Crippen LogP contribution >= 0.6 is 34.4 Å². The lowest BCUT2D eigenvalue weighted by molar-refractivity contribution is -0.384. The van der Waals surface area contributed by atoms with Gasteiger partial charge in [0, 0.05) is 25.5 Å². The van der Waals surface area contributed by atoms with Crippen LogP contribution in [0.5, 0.6) is 0 Å². The van der Waals surface area contributed by atoms with Crippen molar-refractivity contribution in [1.82, 2.24) is 0 Å². The van der Waals surface area contributed by atoms with E-state index in [9.17, 15) is 14.9 Å². The largest absolute Gasteiger partial charge is 0.457 e. The molecule has 0 heterocycles. The third kappa shape index (κ3) is 5.30. The number of benzene rings is 3. The zero-order valence-corrected chi connectivity index (χ0v) is 17.0. The van der Waals surface area contributed by atoms with E-state index in [0.717, 1.165) is 18.9 Å². The molecule has 0 aromatic heterocycles. The second kappa shape index (κ2) is 9.01. The molecule has 3 aromatic rings. The van der Waals surface area contributed by atoms with E-state index in [0.29, 0.717) is 5.56 Å². The van der Waals surface area contributed by atoms with E-state index in [1.807, 2.05) is 36.4 Å². The minimum absolute atomic E-state index is 0.0320. The quantitative estimate of drug-likeness (QED) is 0.191. The predicted molar refractivity (Wildman–Crippen MR) is 112 cm³/mol. The molecule has 0 aliphatic heterocycles. The van der Waals surface area contributed by atoms with E-state index < -0.39 is 10.9 Å². The van der Waals surface area contributed by atoms with Crippen molar-refractivity contribution < 1.29 is 14.5 Å². The maximum Gasteiger partial charge on any atom is 0.339 e. The molecule has 0 unspecified atom stereocenters. The van der Waals surface area contributed by atoms with Gasteiger partial charge in [0.2, 0.25) is 0 Å². The predicted octanol–water partition coefficient (Wildman–Crippen LogP) is 5.71. The van der Waals surface area contributed by atoms with Crippen LogP contribution in [0, 0.1) is 13.7 Å². The summed E-state index contributed by atoms with van der Waals surface area (Å²) in [5.74, 6) is -0.404. The van der Waals surface area contributed by atoms with Crippen LogP contribution in [-0.4, -0.2) is 10.9 Å². The van der Waals surface area contributed by atoms with E-state index in [1.54, 1.807) is 24.3 Å². The molecule has 0 saturated carbocycles. The highest BCUT2D eigenvalue weighted by atomic mass is 127. The van der Waals surface area contributed by atoms with Crippen molar-refractivity contribution in [1.29, 1.82) is 0 Å². The summed E-state index contributed by atoms with van der Waals surface area (Å²) >= 11 is 3.58. The SMILES string of the molecule is O=C(OCc1ccc(I)cc1)c1ccccc1Sc1ccc([N+](=O)[O-])cc1. The third-order valence-electron chi connectivity index (χ3n) is 3.67. The molecule has 5 nitrogen and oxygen atoms in total. The van der Waals surface area contributed by atoms with Crippen molar-refractivity contribution in [2.75, 3.05) is 0 Å². The summed E-state index contributed by atoms with van der Waals surface area (Å²) in [6.45, 7) is 0.201. The monoisotopic (exact) mass is 491 g/mol. The molecule has 0 fully saturated rings. The van der Waals surface area contributed by atoms with Gasteiger partial charge < -0.3 is 4.74 Å². The highest BCUT2D eigenvalue weighted by Crippen LogP contribution is 2.32. The Kier molecular flexibility index (Phi) is 6.46. The van der Waals surface area contributed by atoms with Crippen molar-refractivity contribution in [3.8, 4) is 0 Å². The van der Waals surface area contributed by atoms with Crippen LogP contribution in [0.3, 0.4) is 0 Å². The summed E-state index contributed by atoms with van der Waals surface area (Å²) < 4.78 is 6.56. The molecule has 0 N–H and O–H groups in total. The molecule has 0 aliphatic carbocycles. The van der Waals surface area contributed by atoms with Crippen LogP contribution in [-0.2, 0) is 11.3 Å². The highest BCUT2D eigenvalue weighted by Gasteiger charge is 2.14. The van der Waals surface area contributed by atoms with Crippen LogP contribution in [0.4, 0.5) is 5.69 Å². The Morgan fingerprint density at radius 1 is 1.00 bits per heavy atom. The van der Waals surface area contributed by atoms with Gasteiger partial charge in [0.05, 0.1) is 10.5 Å². The lowest BCUT2D eigenvalue weighted by Crippen LogP contribution is -2.06. The van der Waals surface area contributed by atoms with E-state index in [4.69, 9.17) is 4.74 Å². The fourth-order valence-electron chi connectivity index (χ4n) is 2.29.